The standard InChI is InChI=1S/C17H28N4O3/c1-17(2,3)24-16(23)13-8-10-21(11-9-13)15(22)12-4-6-14(7-5-12)19-20-18/h12-14H,4-11H2,1-3H3. The molecule has 7 heteroatoms. The van der Waals surface area contributed by atoms with Crippen LogP contribution >= 0.6 is 0 Å². The van der Waals surface area contributed by atoms with Gasteiger partial charge >= 0.3 is 5.97 Å². The van der Waals surface area contributed by atoms with Crippen LogP contribution in [0.5, 0.6) is 0 Å². The molecular formula is C17H28N4O3. The van der Waals surface area contributed by atoms with E-state index in [4.69, 9.17) is 10.3 Å². The summed E-state index contributed by atoms with van der Waals surface area (Å²) in [5.41, 5.74) is 8.02. The Hall–Kier alpha value is -1.75. The molecule has 24 heavy (non-hydrogen) atoms. The topological polar surface area (TPSA) is 95.4 Å². The van der Waals surface area contributed by atoms with Crippen molar-refractivity contribution in [3.63, 3.8) is 0 Å². The van der Waals surface area contributed by atoms with Crippen LogP contribution in [0.15, 0.2) is 5.11 Å². The first-order valence-corrected chi connectivity index (χ1v) is 8.86. The lowest BCUT2D eigenvalue weighted by molar-refractivity contribution is -0.162. The molecule has 1 amide bonds. The highest BCUT2D eigenvalue weighted by atomic mass is 16.6. The zero-order valence-electron chi connectivity index (χ0n) is 14.9. The largest absolute Gasteiger partial charge is 0.460 e. The molecule has 0 N–H and O–H groups in total. The van der Waals surface area contributed by atoms with Gasteiger partial charge in [-0.3, -0.25) is 9.59 Å². The Labute approximate surface area is 143 Å². The number of piperidine rings is 1. The van der Waals surface area contributed by atoms with Crippen LogP contribution < -0.4 is 0 Å². The second kappa shape index (κ2) is 7.88. The first-order chi connectivity index (χ1) is 11.3. The molecule has 1 heterocycles. The highest BCUT2D eigenvalue weighted by Gasteiger charge is 2.34. The fourth-order valence-electron chi connectivity index (χ4n) is 3.49. The number of likely N-dealkylation sites (tertiary alicyclic amines) is 1. The number of hydrogen-bond acceptors (Lipinski definition) is 4. The van der Waals surface area contributed by atoms with Crippen molar-refractivity contribution in [3.05, 3.63) is 10.4 Å². The number of hydrogen-bond donors (Lipinski definition) is 0. The lowest BCUT2D eigenvalue weighted by Gasteiger charge is -2.35. The van der Waals surface area contributed by atoms with Gasteiger partial charge in [0.25, 0.3) is 0 Å². The van der Waals surface area contributed by atoms with E-state index < -0.39 is 5.60 Å². The summed E-state index contributed by atoms with van der Waals surface area (Å²) in [4.78, 5) is 29.5. The number of esters is 1. The van der Waals surface area contributed by atoms with Crippen LogP contribution in [0.4, 0.5) is 0 Å². The Morgan fingerprint density at radius 2 is 1.62 bits per heavy atom. The predicted octanol–water partition coefficient (Wildman–Crippen LogP) is 3.44. The van der Waals surface area contributed by atoms with Crippen molar-refractivity contribution in [3.8, 4) is 0 Å². The molecule has 134 valence electrons. The Kier molecular flexibility index (Phi) is 6.10. The second-order valence-corrected chi connectivity index (χ2v) is 7.84. The summed E-state index contributed by atoms with van der Waals surface area (Å²) in [7, 11) is 0. The van der Waals surface area contributed by atoms with Gasteiger partial charge in [-0.1, -0.05) is 5.11 Å². The van der Waals surface area contributed by atoms with Crippen molar-refractivity contribution in [1.82, 2.24) is 4.90 Å². The number of amides is 1. The van der Waals surface area contributed by atoms with Crippen molar-refractivity contribution < 1.29 is 14.3 Å². The quantitative estimate of drug-likeness (QED) is 0.342. The molecule has 0 bridgehead atoms. The predicted molar refractivity (Wildman–Crippen MR) is 90.0 cm³/mol. The second-order valence-electron chi connectivity index (χ2n) is 7.84. The van der Waals surface area contributed by atoms with Gasteiger partial charge in [-0.15, -0.1) is 0 Å². The highest BCUT2D eigenvalue weighted by Crippen LogP contribution is 2.30. The third-order valence-corrected chi connectivity index (χ3v) is 4.81. The zero-order valence-corrected chi connectivity index (χ0v) is 14.9. The summed E-state index contributed by atoms with van der Waals surface area (Å²) in [6.45, 7) is 6.86. The lowest BCUT2D eigenvalue weighted by Crippen LogP contribution is -2.44. The number of azide groups is 1. The van der Waals surface area contributed by atoms with Crippen LogP contribution in [0.1, 0.15) is 59.3 Å². The van der Waals surface area contributed by atoms with Crippen molar-refractivity contribution >= 4 is 11.9 Å². The van der Waals surface area contributed by atoms with Crippen molar-refractivity contribution in [2.24, 2.45) is 17.0 Å². The zero-order chi connectivity index (χ0) is 17.7. The Bertz CT molecular complexity index is 506. The maximum Gasteiger partial charge on any atom is 0.309 e. The molecule has 0 unspecified atom stereocenters. The molecule has 1 aliphatic carbocycles. The molecule has 0 aromatic rings. The molecule has 7 nitrogen and oxygen atoms in total. The fourth-order valence-corrected chi connectivity index (χ4v) is 3.49. The smallest absolute Gasteiger partial charge is 0.309 e. The van der Waals surface area contributed by atoms with Crippen LogP contribution in [0.2, 0.25) is 0 Å². The molecular weight excluding hydrogens is 308 g/mol. The number of carbonyl (C=O) groups excluding carboxylic acids is 2. The summed E-state index contributed by atoms with van der Waals surface area (Å²) in [6.07, 6.45) is 4.50. The monoisotopic (exact) mass is 336 g/mol. The summed E-state index contributed by atoms with van der Waals surface area (Å²) in [5, 5.41) is 3.75. The van der Waals surface area contributed by atoms with Crippen LogP contribution in [-0.4, -0.2) is 41.5 Å². The Balaban J connectivity index is 1.79. The number of nitrogens with zero attached hydrogens (tertiary/aromatic N) is 4. The molecule has 2 rings (SSSR count). The van der Waals surface area contributed by atoms with Crippen LogP contribution in [0, 0.1) is 11.8 Å². The summed E-state index contributed by atoms with van der Waals surface area (Å²) in [6, 6.07) is 0.0388. The van der Waals surface area contributed by atoms with Gasteiger partial charge in [-0.25, -0.2) is 0 Å². The lowest BCUT2D eigenvalue weighted by atomic mass is 9.85. The van der Waals surface area contributed by atoms with Crippen molar-refractivity contribution in [1.29, 1.82) is 0 Å². The molecule has 0 atom stereocenters. The van der Waals surface area contributed by atoms with E-state index in [2.05, 4.69) is 10.0 Å². The van der Waals surface area contributed by atoms with Crippen molar-refractivity contribution in [2.45, 2.75) is 70.9 Å². The van der Waals surface area contributed by atoms with E-state index in [-0.39, 0.29) is 29.8 Å². The van der Waals surface area contributed by atoms with Gasteiger partial charge in [0.2, 0.25) is 5.91 Å². The van der Waals surface area contributed by atoms with Crippen molar-refractivity contribution in [2.75, 3.05) is 13.1 Å². The van der Waals surface area contributed by atoms with E-state index in [0.717, 1.165) is 25.7 Å². The minimum atomic E-state index is -0.464. The molecule has 0 aromatic carbocycles. The average molecular weight is 336 g/mol. The third kappa shape index (κ3) is 5.13. The maximum absolute atomic E-state index is 12.6. The molecule has 2 fully saturated rings. The van der Waals surface area contributed by atoms with Crippen LogP contribution in [0.3, 0.4) is 0 Å². The molecule has 0 aromatic heterocycles. The van der Waals surface area contributed by atoms with Gasteiger partial charge in [0.15, 0.2) is 0 Å². The van der Waals surface area contributed by atoms with Gasteiger partial charge in [0.05, 0.1) is 5.92 Å². The Morgan fingerprint density at radius 3 is 2.12 bits per heavy atom. The number of ether oxygens (including phenoxy) is 1. The summed E-state index contributed by atoms with van der Waals surface area (Å²) >= 11 is 0. The summed E-state index contributed by atoms with van der Waals surface area (Å²) < 4.78 is 5.44. The van der Waals surface area contributed by atoms with E-state index in [1.54, 1.807) is 0 Å². The summed E-state index contributed by atoms with van der Waals surface area (Å²) in [5.74, 6) is -0.0244. The first kappa shape index (κ1) is 18.6. The molecule has 1 saturated carbocycles. The van der Waals surface area contributed by atoms with E-state index in [9.17, 15) is 9.59 Å². The average Bonchev–Trinajstić information content (AvgIpc) is 2.54. The van der Waals surface area contributed by atoms with Gasteiger partial charge < -0.3 is 9.64 Å². The van der Waals surface area contributed by atoms with E-state index >= 15 is 0 Å². The van der Waals surface area contributed by atoms with Gasteiger partial charge in [-0.2, -0.15) is 0 Å². The molecule has 0 radical (unpaired) electrons. The van der Waals surface area contributed by atoms with Crippen LogP contribution in [0.25, 0.3) is 10.4 Å². The Morgan fingerprint density at radius 1 is 1.04 bits per heavy atom. The minimum absolute atomic E-state index is 0.0354. The fraction of sp³-hybridized carbons (Fsp3) is 0.882. The highest BCUT2D eigenvalue weighted by molar-refractivity contribution is 5.79. The van der Waals surface area contributed by atoms with E-state index in [0.29, 0.717) is 25.9 Å². The normalized spacial score (nSPS) is 25.7. The van der Waals surface area contributed by atoms with Gasteiger partial charge in [-0.05, 0) is 64.8 Å². The maximum atomic E-state index is 12.6. The van der Waals surface area contributed by atoms with E-state index in [1.165, 1.54) is 0 Å². The third-order valence-electron chi connectivity index (χ3n) is 4.81. The van der Waals surface area contributed by atoms with E-state index in [1.807, 2.05) is 25.7 Å². The number of rotatable bonds is 3. The molecule has 0 spiro atoms. The molecule has 1 saturated heterocycles. The van der Waals surface area contributed by atoms with Crippen LogP contribution in [-0.2, 0) is 14.3 Å². The van der Waals surface area contributed by atoms with Gasteiger partial charge in [0.1, 0.15) is 5.60 Å². The number of carbonyl (C=O) groups is 2. The molecule has 2 aliphatic rings. The SMILES string of the molecule is CC(C)(C)OC(=O)C1CCN(C(=O)C2CCC(N=[N+]=[N-])CC2)CC1. The first-order valence-electron chi connectivity index (χ1n) is 8.86. The van der Waals surface area contributed by atoms with Gasteiger partial charge in [0, 0.05) is 30.0 Å². The molecule has 1 aliphatic heterocycles. The minimum Gasteiger partial charge on any atom is -0.460 e.